The first-order chi connectivity index (χ1) is 25.3. The van der Waals surface area contributed by atoms with E-state index in [1.165, 1.54) is 57.8 Å². The molecule has 2 N–H and O–H groups in total. The van der Waals surface area contributed by atoms with Gasteiger partial charge in [-0.1, -0.05) is 126 Å². The summed E-state index contributed by atoms with van der Waals surface area (Å²) in [6.45, 7) is 4.09. The van der Waals surface area contributed by atoms with E-state index >= 15 is 0 Å². The van der Waals surface area contributed by atoms with Crippen LogP contribution in [0.2, 0.25) is 0 Å². The number of carbonyl (C=O) groups excluding carboxylic acids is 2. The first kappa shape index (κ1) is 49.7. The Balaban J connectivity index is 4.38. The summed E-state index contributed by atoms with van der Waals surface area (Å²) < 4.78 is 33.0. The molecule has 0 heterocycles. The van der Waals surface area contributed by atoms with Crippen molar-refractivity contribution in [1.29, 1.82) is 0 Å². The fourth-order valence-corrected chi connectivity index (χ4v) is 5.76. The van der Waals surface area contributed by atoms with Gasteiger partial charge in [0, 0.05) is 19.4 Å². The standard InChI is InChI=1S/C42H74NO8P/c1-4-6-8-10-12-14-16-18-19-20-21-23-24-26-28-30-32-34-41(44)48-38-40(39-50-52(46,47)49-37-36-43-3)51-42(45)35-33-31-29-27-25-22-17-15-13-11-9-7-5-2/h12,14-15,17-19,21,23,26,28,40,43H,4-11,13,16,20,22,24-25,27,29-39H2,1-3H3,(H,46,47)/b14-12-,17-15-,19-18-,23-21-,28-26-. The summed E-state index contributed by atoms with van der Waals surface area (Å²) >= 11 is 0. The summed E-state index contributed by atoms with van der Waals surface area (Å²) in [6, 6.07) is 0. The second kappa shape index (κ2) is 38.4. The van der Waals surface area contributed by atoms with E-state index in [1.54, 1.807) is 7.05 Å². The number of ether oxygens (including phenoxy) is 2. The van der Waals surface area contributed by atoms with Gasteiger partial charge in [-0.05, 0) is 84.1 Å². The van der Waals surface area contributed by atoms with E-state index in [1.807, 2.05) is 0 Å². The van der Waals surface area contributed by atoms with Crippen LogP contribution in [0.1, 0.15) is 155 Å². The van der Waals surface area contributed by atoms with Crippen LogP contribution in [0.25, 0.3) is 0 Å². The predicted octanol–water partition coefficient (Wildman–Crippen LogP) is 11.2. The highest BCUT2D eigenvalue weighted by Crippen LogP contribution is 2.43. The summed E-state index contributed by atoms with van der Waals surface area (Å²) in [4.78, 5) is 34.9. The molecule has 2 atom stereocenters. The molecule has 0 fully saturated rings. The third-order valence-electron chi connectivity index (χ3n) is 8.11. The predicted molar refractivity (Wildman–Crippen MR) is 215 cm³/mol. The van der Waals surface area contributed by atoms with E-state index < -0.39 is 32.5 Å². The number of carbonyl (C=O) groups is 2. The van der Waals surface area contributed by atoms with Gasteiger partial charge in [-0.25, -0.2) is 4.57 Å². The van der Waals surface area contributed by atoms with Crippen molar-refractivity contribution < 1.29 is 37.6 Å². The van der Waals surface area contributed by atoms with Gasteiger partial charge in [0.1, 0.15) is 6.61 Å². The van der Waals surface area contributed by atoms with Crippen LogP contribution in [0.5, 0.6) is 0 Å². The number of nitrogens with one attached hydrogen (secondary N) is 1. The van der Waals surface area contributed by atoms with Crippen molar-refractivity contribution in [3.8, 4) is 0 Å². The second-order valence-electron chi connectivity index (χ2n) is 13.1. The monoisotopic (exact) mass is 752 g/mol. The van der Waals surface area contributed by atoms with Crippen LogP contribution < -0.4 is 5.32 Å². The van der Waals surface area contributed by atoms with Crippen LogP contribution in [-0.4, -0.2) is 56.3 Å². The van der Waals surface area contributed by atoms with Crippen molar-refractivity contribution in [3.63, 3.8) is 0 Å². The van der Waals surface area contributed by atoms with Crippen molar-refractivity contribution in [1.82, 2.24) is 5.32 Å². The number of phosphoric acid groups is 1. The lowest BCUT2D eigenvalue weighted by Crippen LogP contribution is -2.29. The molecule has 0 saturated heterocycles. The van der Waals surface area contributed by atoms with E-state index in [4.69, 9.17) is 18.5 Å². The summed E-state index contributed by atoms with van der Waals surface area (Å²) in [6.07, 6.45) is 42.7. The minimum absolute atomic E-state index is 0.0293. The molecule has 9 nitrogen and oxygen atoms in total. The Bertz CT molecular complexity index is 1040. The number of likely N-dealkylation sites (N-methyl/N-ethyl adjacent to an activating group) is 1. The van der Waals surface area contributed by atoms with Gasteiger partial charge in [0.15, 0.2) is 6.10 Å². The number of unbranched alkanes of at least 4 members (excludes halogenated alkanes) is 13. The first-order valence-electron chi connectivity index (χ1n) is 20.2. The normalized spacial score (nSPS) is 14.0. The minimum Gasteiger partial charge on any atom is -0.462 e. The molecule has 0 radical (unpaired) electrons. The van der Waals surface area contributed by atoms with Crippen molar-refractivity contribution in [2.45, 2.75) is 161 Å². The van der Waals surface area contributed by atoms with Crippen LogP contribution in [0.15, 0.2) is 60.8 Å². The minimum atomic E-state index is -4.36. The van der Waals surface area contributed by atoms with E-state index in [0.29, 0.717) is 19.4 Å². The van der Waals surface area contributed by atoms with Crippen LogP contribution in [0, 0.1) is 0 Å². The van der Waals surface area contributed by atoms with Crippen LogP contribution in [0.4, 0.5) is 0 Å². The Kier molecular flexibility index (Phi) is 36.7. The average Bonchev–Trinajstić information content (AvgIpc) is 3.12. The number of allylic oxidation sites excluding steroid dienone is 10. The molecule has 0 aromatic carbocycles. The molecule has 0 rings (SSSR count). The van der Waals surface area contributed by atoms with E-state index in [0.717, 1.165) is 57.8 Å². The average molecular weight is 752 g/mol. The first-order valence-corrected chi connectivity index (χ1v) is 21.7. The molecule has 0 saturated carbocycles. The molecule has 52 heavy (non-hydrogen) atoms. The zero-order chi connectivity index (χ0) is 38.2. The van der Waals surface area contributed by atoms with E-state index in [9.17, 15) is 19.0 Å². The quantitative estimate of drug-likeness (QED) is 0.0276. The van der Waals surface area contributed by atoms with Gasteiger partial charge in [-0.2, -0.15) is 0 Å². The highest BCUT2D eigenvalue weighted by Gasteiger charge is 2.26. The van der Waals surface area contributed by atoms with Gasteiger partial charge in [0.05, 0.1) is 13.2 Å². The highest BCUT2D eigenvalue weighted by molar-refractivity contribution is 7.47. The largest absolute Gasteiger partial charge is 0.472 e. The zero-order valence-electron chi connectivity index (χ0n) is 33.0. The maximum absolute atomic E-state index is 12.6. The Labute approximate surface area is 317 Å². The molecular formula is C42H74NO8P. The van der Waals surface area contributed by atoms with Gasteiger partial charge < -0.3 is 19.7 Å². The van der Waals surface area contributed by atoms with Gasteiger partial charge in [0.25, 0.3) is 0 Å². The topological polar surface area (TPSA) is 120 Å². The number of hydrogen-bond donors (Lipinski definition) is 2. The Morgan fingerprint density at radius 2 is 1.06 bits per heavy atom. The van der Waals surface area contributed by atoms with Crippen LogP contribution in [-0.2, 0) is 32.7 Å². The lowest BCUT2D eigenvalue weighted by atomic mass is 10.1. The number of esters is 2. The Morgan fingerprint density at radius 3 is 1.65 bits per heavy atom. The molecule has 0 aliphatic heterocycles. The molecule has 0 aromatic heterocycles. The molecule has 0 spiro atoms. The van der Waals surface area contributed by atoms with E-state index in [-0.39, 0.29) is 26.1 Å². The molecule has 0 bridgehead atoms. The molecule has 10 heteroatoms. The molecule has 2 unspecified atom stereocenters. The maximum Gasteiger partial charge on any atom is 0.472 e. The van der Waals surface area contributed by atoms with Gasteiger partial charge in [-0.15, -0.1) is 0 Å². The maximum atomic E-state index is 12.6. The third kappa shape index (κ3) is 37.5. The van der Waals surface area contributed by atoms with Gasteiger partial charge in [0.2, 0.25) is 0 Å². The molecular weight excluding hydrogens is 677 g/mol. The van der Waals surface area contributed by atoms with Crippen LogP contribution >= 0.6 is 7.82 Å². The summed E-state index contributed by atoms with van der Waals surface area (Å²) in [5.41, 5.74) is 0. The summed E-state index contributed by atoms with van der Waals surface area (Å²) in [5.74, 6) is -0.888. The highest BCUT2D eigenvalue weighted by atomic mass is 31.2. The van der Waals surface area contributed by atoms with Crippen molar-refractivity contribution >= 4 is 19.8 Å². The lowest BCUT2D eigenvalue weighted by molar-refractivity contribution is -0.161. The summed E-state index contributed by atoms with van der Waals surface area (Å²) in [7, 11) is -2.67. The second-order valence-corrected chi connectivity index (χ2v) is 14.6. The molecule has 0 amide bonds. The Morgan fingerprint density at radius 1 is 0.596 bits per heavy atom. The number of hydrogen-bond acceptors (Lipinski definition) is 8. The van der Waals surface area contributed by atoms with Crippen molar-refractivity contribution in [3.05, 3.63) is 60.8 Å². The lowest BCUT2D eigenvalue weighted by Gasteiger charge is -2.20. The SMILES string of the molecule is CCCCC/C=C\C/C=C\C/C=C\C/C=C\CCCC(=O)OCC(COP(=O)(O)OCCNC)OC(=O)CCCCCCC/C=C\CCCCCC. The third-order valence-corrected chi connectivity index (χ3v) is 9.09. The van der Waals surface area contributed by atoms with Crippen LogP contribution in [0.3, 0.4) is 0 Å². The van der Waals surface area contributed by atoms with Crippen molar-refractivity contribution in [2.75, 3.05) is 33.4 Å². The number of phosphoric ester groups is 1. The van der Waals surface area contributed by atoms with Gasteiger partial charge >= 0.3 is 19.8 Å². The molecule has 0 aromatic rings. The van der Waals surface area contributed by atoms with Gasteiger partial charge in [-0.3, -0.25) is 18.6 Å². The zero-order valence-corrected chi connectivity index (χ0v) is 33.9. The van der Waals surface area contributed by atoms with Crippen molar-refractivity contribution in [2.24, 2.45) is 0 Å². The summed E-state index contributed by atoms with van der Waals surface area (Å²) in [5, 5.41) is 2.81. The number of rotatable bonds is 37. The van der Waals surface area contributed by atoms with E-state index in [2.05, 4.69) is 79.9 Å². The molecule has 0 aliphatic rings. The fourth-order valence-electron chi connectivity index (χ4n) is 5.01. The molecule has 0 aliphatic carbocycles. The fraction of sp³-hybridized carbons (Fsp3) is 0.714. The molecule has 300 valence electrons. The Hall–Kier alpha value is -2.29. The smallest absolute Gasteiger partial charge is 0.462 e.